The third kappa shape index (κ3) is 4.39. The first-order valence-corrected chi connectivity index (χ1v) is 12.2. The summed E-state index contributed by atoms with van der Waals surface area (Å²) in [4.78, 5) is 13.2. The van der Waals surface area contributed by atoms with Gasteiger partial charge in [0.15, 0.2) is 4.91 Å². The molecule has 33 heavy (non-hydrogen) atoms. The summed E-state index contributed by atoms with van der Waals surface area (Å²) in [5.74, 6) is -0.715. The molecule has 0 aliphatic carbocycles. The van der Waals surface area contributed by atoms with Gasteiger partial charge >= 0.3 is 0 Å². The average molecular weight is 483 g/mol. The predicted octanol–water partition coefficient (Wildman–Crippen LogP) is 5.05. The SMILES string of the molecule is CCN1c2ccc(Cl)cc2C(c2ccccc2)=C(C(=O)Nc2cccc(COC)c2)S1(=O)=O. The van der Waals surface area contributed by atoms with E-state index in [0.29, 0.717) is 39.7 Å². The summed E-state index contributed by atoms with van der Waals surface area (Å²) in [6, 6.07) is 21.1. The number of ether oxygens (including phenoxy) is 1. The second-order valence-electron chi connectivity index (χ2n) is 7.49. The lowest BCUT2D eigenvalue weighted by Crippen LogP contribution is -2.39. The van der Waals surface area contributed by atoms with Crippen molar-refractivity contribution in [1.82, 2.24) is 0 Å². The molecule has 1 N–H and O–H groups in total. The Balaban J connectivity index is 1.94. The van der Waals surface area contributed by atoms with Gasteiger partial charge in [0.25, 0.3) is 15.9 Å². The molecule has 0 radical (unpaired) electrons. The summed E-state index contributed by atoms with van der Waals surface area (Å²) < 4.78 is 33.9. The van der Waals surface area contributed by atoms with E-state index in [-0.39, 0.29) is 11.4 Å². The molecule has 3 aromatic rings. The number of amides is 1. The summed E-state index contributed by atoms with van der Waals surface area (Å²) in [5, 5.41) is 3.21. The van der Waals surface area contributed by atoms with E-state index in [2.05, 4.69) is 5.32 Å². The van der Waals surface area contributed by atoms with Crippen molar-refractivity contribution >= 4 is 44.5 Å². The molecule has 6 nitrogen and oxygen atoms in total. The molecule has 1 amide bonds. The number of benzene rings is 3. The first kappa shape index (κ1) is 23.0. The lowest BCUT2D eigenvalue weighted by atomic mass is 9.95. The summed E-state index contributed by atoms with van der Waals surface area (Å²) >= 11 is 6.29. The van der Waals surface area contributed by atoms with Gasteiger partial charge < -0.3 is 10.1 Å². The maximum Gasteiger partial charge on any atom is 0.270 e. The second-order valence-corrected chi connectivity index (χ2v) is 9.72. The quantitative estimate of drug-likeness (QED) is 0.533. The van der Waals surface area contributed by atoms with Crippen LogP contribution in [0, 0.1) is 0 Å². The number of nitrogens with zero attached hydrogens (tertiary/aromatic N) is 1. The zero-order valence-corrected chi connectivity index (χ0v) is 19.8. The minimum Gasteiger partial charge on any atom is -0.380 e. The van der Waals surface area contributed by atoms with Crippen molar-refractivity contribution in [3.63, 3.8) is 0 Å². The van der Waals surface area contributed by atoms with Gasteiger partial charge in [0.05, 0.1) is 12.3 Å². The molecule has 0 fully saturated rings. The minimum atomic E-state index is -4.14. The van der Waals surface area contributed by atoms with Crippen LogP contribution in [0.5, 0.6) is 0 Å². The average Bonchev–Trinajstić information content (AvgIpc) is 2.79. The fourth-order valence-electron chi connectivity index (χ4n) is 3.97. The van der Waals surface area contributed by atoms with E-state index in [9.17, 15) is 13.2 Å². The van der Waals surface area contributed by atoms with E-state index in [0.717, 1.165) is 5.56 Å². The lowest BCUT2D eigenvalue weighted by Gasteiger charge is -2.33. The number of carbonyl (C=O) groups excluding carboxylic acids is 1. The van der Waals surface area contributed by atoms with Crippen molar-refractivity contribution in [3.05, 3.63) is 99.4 Å². The molecule has 0 atom stereocenters. The number of sulfonamides is 1. The zero-order chi connectivity index (χ0) is 23.6. The number of hydrogen-bond acceptors (Lipinski definition) is 4. The summed E-state index contributed by atoms with van der Waals surface area (Å²) in [6.45, 7) is 2.27. The van der Waals surface area contributed by atoms with E-state index in [1.54, 1.807) is 74.7 Å². The molecule has 1 heterocycles. The molecule has 4 rings (SSSR count). The molecule has 8 heteroatoms. The van der Waals surface area contributed by atoms with Gasteiger partial charge in [0.2, 0.25) is 0 Å². The molecule has 0 saturated heterocycles. The van der Waals surface area contributed by atoms with E-state index in [1.807, 2.05) is 12.1 Å². The molecule has 0 unspecified atom stereocenters. The van der Waals surface area contributed by atoms with Crippen molar-refractivity contribution in [1.29, 1.82) is 0 Å². The smallest absolute Gasteiger partial charge is 0.270 e. The van der Waals surface area contributed by atoms with Crippen LogP contribution in [0.2, 0.25) is 5.02 Å². The molecule has 0 bridgehead atoms. The molecular formula is C25H23ClN2O4S. The minimum absolute atomic E-state index is 0.166. The molecular weight excluding hydrogens is 460 g/mol. The highest BCUT2D eigenvalue weighted by Gasteiger charge is 2.40. The maximum absolute atomic E-state index is 13.7. The number of nitrogens with one attached hydrogen (secondary N) is 1. The van der Waals surface area contributed by atoms with Gasteiger partial charge in [0.1, 0.15) is 0 Å². The van der Waals surface area contributed by atoms with Crippen LogP contribution in [0.3, 0.4) is 0 Å². The van der Waals surface area contributed by atoms with Crippen LogP contribution in [0.1, 0.15) is 23.6 Å². The van der Waals surface area contributed by atoms with Crippen LogP contribution >= 0.6 is 11.6 Å². The van der Waals surface area contributed by atoms with Gasteiger partial charge in [-0.05, 0) is 48.4 Å². The van der Waals surface area contributed by atoms with Crippen molar-refractivity contribution < 1.29 is 17.9 Å². The van der Waals surface area contributed by atoms with E-state index >= 15 is 0 Å². The molecule has 170 valence electrons. The number of anilines is 2. The Morgan fingerprint density at radius 2 is 1.79 bits per heavy atom. The zero-order valence-electron chi connectivity index (χ0n) is 18.2. The Morgan fingerprint density at radius 1 is 1.03 bits per heavy atom. The number of methoxy groups -OCH3 is 1. The summed E-state index contributed by atoms with van der Waals surface area (Å²) in [5.41, 5.74) is 3.33. The Hall–Kier alpha value is -3.13. The number of fused-ring (bicyclic) bond motifs is 1. The monoisotopic (exact) mass is 482 g/mol. The first-order chi connectivity index (χ1) is 15.9. The van der Waals surface area contributed by atoms with Gasteiger partial charge in [-0.15, -0.1) is 0 Å². The van der Waals surface area contributed by atoms with E-state index in [1.165, 1.54) is 4.31 Å². The molecule has 0 saturated carbocycles. The first-order valence-electron chi connectivity index (χ1n) is 10.4. The third-order valence-electron chi connectivity index (χ3n) is 5.32. The Bertz CT molecular complexity index is 1340. The van der Waals surface area contributed by atoms with Crippen LogP contribution in [0.25, 0.3) is 5.57 Å². The maximum atomic E-state index is 13.7. The lowest BCUT2D eigenvalue weighted by molar-refractivity contribution is -0.112. The van der Waals surface area contributed by atoms with Gasteiger partial charge in [-0.25, -0.2) is 8.42 Å². The van der Waals surface area contributed by atoms with Crippen LogP contribution in [-0.2, 0) is 26.2 Å². The Labute approximate surface area is 198 Å². The fraction of sp³-hybridized carbons (Fsp3) is 0.160. The number of hydrogen-bond donors (Lipinski definition) is 1. The van der Waals surface area contributed by atoms with Crippen molar-refractivity contribution in [2.45, 2.75) is 13.5 Å². The van der Waals surface area contributed by atoms with Crippen molar-refractivity contribution in [3.8, 4) is 0 Å². The highest BCUT2D eigenvalue weighted by molar-refractivity contribution is 7.97. The van der Waals surface area contributed by atoms with Gasteiger partial charge in [-0.3, -0.25) is 9.10 Å². The van der Waals surface area contributed by atoms with Crippen LogP contribution < -0.4 is 9.62 Å². The van der Waals surface area contributed by atoms with Gasteiger partial charge in [-0.2, -0.15) is 0 Å². The highest BCUT2D eigenvalue weighted by atomic mass is 35.5. The highest BCUT2D eigenvalue weighted by Crippen LogP contribution is 2.44. The van der Waals surface area contributed by atoms with Gasteiger partial charge in [0, 0.05) is 35.5 Å². The number of halogens is 1. The van der Waals surface area contributed by atoms with E-state index in [4.69, 9.17) is 16.3 Å². The van der Waals surface area contributed by atoms with E-state index < -0.39 is 15.9 Å². The fourth-order valence-corrected chi connectivity index (χ4v) is 5.89. The van der Waals surface area contributed by atoms with Crippen LogP contribution in [-0.4, -0.2) is 28.0 Å². The Morgan fingerprint density at radius 3 is 2.48 bits per heavy atom. The van der Waals surface area contributed by atoms with Crippen LogP contribution in [0.15, 0.2) is 77.7 Å². The topological polar surface area (TPSA) is 75.7 Å². The predicted molar refractivity (Wildman–Crippen MR) is 132 cm³/mol. The molecule has 3 aromatic carbocycles. The number of carbonyl (C=O) groups is 1. The molecule has 0 aromatic heterocycles. The largest absolute Gasteiger partial charge is 0.380 e. The number of rotatable bonds is 6. The van der Waals surface area contributed by atoms with Crippen molar-refractivity contribution in [2.75, 3.05) is 23.3 Å². The summed E-state index contributed by atoms with van der Waals surface area (Å²) in [6.07, 6.45) is 0. The normalized spacial score (nSPS) is 14.7. The Kier molecular flexibility index (Phi) is 6.56. The second kappa shape index (κ2) is 9.39. The standard InChI is InChI=1S/C25H23ClN2O4S/c1-3-28-22-13-12-19(26)15-21(22)23(18-9-5-4-6-10-18)24(33(28,30)31)25(29)27-20-11-7-8-17(14-20)16-32-2/h4-15H,3,16H2,1-2H3,(H,27,29). The van der Waals surface area contributed by atoms with Crippen LogP contribution in [0.4, 0.5) is 11.4 Å². The van der Waals surface area contributed by atoms with Crippen molar-refractivity contribution in [2.24, 2.45) is 0 Å². The molecule has 1 aliphatic rings. The third-order valence-corrected chi connectivity index (χ3v) is 7.50. The molecule has 0 spiro atoms. The van der Waals surface area contributed by atoms with Gasteiger partial charge in [-0.1, -0.05) is 54.1 Å². The summed E-state index contributed by atoms with van der Waals surface area (Å²) in [7, 11) is -2.56. The molecule has 1 aliphatic heterocycles.